The van der Waals surface area contributed by atoms with Crippen molar-refractivity contribution < 1.29 is 5.11 Å². The van der Waals surface area contributed by atoms with E-state index in [4.69, 9.17) is 0 Å². The first-order chi connectivity index (χ1) is 10.5. The smallest absolute Gasteiger partial charge is 0.0724 e. The SMILES string of the molecule is CN[C@H]1CC[C@H]2[C@@H]3CC[C@H]4C[C@@H](O)C=C[C@]4(C)[C@H]3CC[C@]12C. The third-order valence-corrected chi connectivity index (χ3v) is 8.52. The summed E-state index contributed by atoms with van der Waals surface area (Å²) >= 11 is 0. The number of aliphatic hydroxyl groups excluding tert-OH is 1. The summed E-state index contributed by atoms with van der Waals surface area (Å²) in [6.07, 6.45) is 13.6. The number of allylic oxidation sites excluding steroid dienone is 1. The molecule has 2 nitrogen and oxygen atoms in total. The summed E-state index contributed by atoms with van der Waals surface area (Å²) in [6.45, 7) is 5.07. The fourth-order valence-electron chi connectivity index (χ4n) is 7.26. The zero-order valence-electron chi connectivity index (χ0n) is 14.5. The Morgan fingerprint density at radius 2 is 1.86 bits per heavy atom. The molecule has 8 atom stereocenters. The maximum atomic E-state index is 10.0. The molecule has 0 unspecified atom stereocenters. The van der Waals surface area contributed by atoms with Gasteiger partial charge in [0, 0.05) is 6.04 Å². The number of nitrogens with one attached hydrogen (secondary N) is 1. The van der Waals surface area contributed by atoms with Crippen LogP contribution >= 0.6 is 0 Å². The second-order valence-corrected chi connectivity index (χ2v) is 9.14. The van der Waals surface area contributed by atoms with Gasteiger partial charge in [-0.25, -0.2) is 0 Å². The molecule has 3 saturated carbocycles. The van der Waals surface area contributed by atoms with Crippen molar-refractivity contribution >= 4 is 0 Å². The van der Waals surface area contributed by atoms with Crippen LogP contribution in [0.4, 0.5) is 0 Å². The van der Waals surface area contributed by atoms with E-state index in [2.05, 4.69) is 38.4 Å². The predicted molar refractivity (Wildman–Crippen MR) is 90.5 cm³/mol. The minimum Gasteiger partial charge on any atom is -0.389 e. The minimum atomic E-state index is -0.191. The zero-order chi connectivity index (χ0) is 15.5. The largest absolute Gasteiger partial charge is 0.389 e. The van der Waals surface area contributed by atoms with E-state index in [1.165, 1.54) is 38.5 Å². The van der Waals surface area contributed by atoms with Crippen molar-refractivity contribution in [3.05, 3.63) is 12.2 Å². The summed E-state index contributed by atoms with van der Waals surface area (Å²) < 4.78 is 0. The summed E-state index contributed by atoms with van der Waals surface area (Å²) in [5, 5.41) is 13.6. The lowest BCUT2D eigenvalue weighted by Crippen LogP contribution is -2.54. The summed E-state index contributed by atoms with van der Waals surface area (Å²) in [4.78, 5) is 0. The Labute approximate surface area is 135 Å². The van der Waals surface area contributed by atoms with Gasteiger partial charge in [-0.2, -0.15) is 0 Å². The van der Waals surface area contributed by atoms with Gasteiger partial charge < -0.3 is 10.4 Å². The van der Waals surface area contributed by atoms with Crippen LogP contribution in [-0.2, 0) is 0 Å². The molecule has 3 fully saturated rings. The van der Waals surface area contributed by atoms with Gasteiger partial charge in [0.05, 0.1) is 6.10 Å². The lowest BCUT2D eigenvalue weighted by molar-refractivity contribution is -0.0806. The molecule has 4 aliphatic carbocycles. The monoisotopic (exact) mass is 303 g/mol. The minimum absolute atomic E-state index is 0.191. The molecule has 2 heteroatoms. The maximum Gasteiger partial charge on any atom is 0.0724 e. The van der Waals surface area contributed by atoms with Gasteiger partial charge in [-0.3, -0.25) is 0 Å². The van der Waals surface area contributed by atoms with Crippen molar-refractivity contribution in [2.24, 2.45) is 34.5 Å². The second kappa shape index (κ2) is 5.08. The highest BCUT2D eigenvalue weighted by Gasteiger charge is 2.59. The number of aliphatic hydroxyl groups is 1. The molecular formula is C20H33NO. The van der Waals surface area contributed by atoms with E-state index in [0.29, 0.717) is 16.7 Å². The normalized spacial score (nSPS) is 57.1. The Bertz CT molecular complexity index is 474. The fourth-order valence-corrected chi connectivity index (χ4v) is 7.26. The molecule has 0 saturated heterocycles. The van der Waals surface area contributed by atoms with Crippen LogP contribution in [0.2, 0.25) is 0 Å². The molecule has 0 bridgehead atoms. The number of fused-ring (bicyclic) bond motifs is 5. The van der Waals surface area contributed by atoms with Crippen molar-refractivity contribution in [3.8, 4) is 0 Å². The molecule has 124 valence electrons. The third-order valence-electron chi connectivity index (χ3n) is 8.52. The Hall–Kier alpha value is -0.340. The first-order valence-electron chi connectivity index (χ1n) is 9.53. The van der Waals surface area contributed by atoms with E-state index < -0.39 is 0 Å². The fraction of sp³-hybridized carbons (Fsp3) is 0.900. The summed E-state index contributed by atoms with van der Waals surface area (Å²) in [6, 6.07) is 0.729. The van der Waals surface area contributed by atoms with Crippen molar-refractivity contribution in [2.75, 3.05) is 7.05 Å². The lowest BCUT2D eigenvalue weighted by Gasteiger charge is -2.59. The van der Waals surface area contributed by atoms with E-state index in [-0.39, 0.29) is 6.10 Å². The molecule has 0 amide bonds. The van der Waals surface area contributed by atoms with Gasteiger partial charge in [-0.15, -0.1) is 0 Å². The van der Waals surface area contributed by atoms with Crippen molar-refractivity contribution in [1.82, 2.24) is 5.32 Å². The van der Waals surface area contributed by atoms with E-state index in [1.807, 2.05) is 0 Å². The molecular weight excluding hydrogens is 270 g/mol. The third kappa shape index (κ3) is 1.92. The zero-order valence-corrected chi connectivity index (χ0v) is 14.5. The Balaban J connectivity index is 1.65. The molecule has 0 radical (unpaired) electrons. The van der Waals surface area contributed by atoms with Crippen LogP contribution in [0.25, 0.3) is 0 Å². The number of rotatable bonds is 1. The second-order valence-electron chi connectivity index (χ2n) is 9.14. The van der Waals surface area contributed by atoms with Gasteiger partial charge in [0.1, 0.15) is 0 Å². The lowest BCUT2D eigenvalue weighted by atomic mass is 9.46. The van der Waals surface area contributed by atoms with Crippen molar-refractivity contribution in [1.29, 1.82) is 0 Å². The molecule has 4 rings (SSSR count). The highest BCUT2D eigenvalue weighted by atomic mass is 16.3. The molecule has 0 heterocycles. The van der Waals surface area contributed by atoms with E-state index in [1.54, 1.807) is 0 Å². The van der Waals surface area contributed by atoms with Crippen LogP contribution < -0.4 is 5.32 Å². The molecule has 4 aliphatic rings. The van der Waals surface area contributed by atoms with E-state index >= 15 is 0 Å². The first-order valence-corrected chi connectivity index (χ1v) is 9.53. The van der Waals surface area contributed by atoms with Gasteiger partial charge in [0.2, 0.25) is 0 Å². The number of hydrogen-bond acceptors (Lipinski definition) is 2. The molecule has 0 aromatic heterocycles. The average Bonchev–Trinajstić information content (AvgIpc) is 2.84. The van der Waals surface area contributed by atoms with Gasteiger partial charge >= 0.3 is 0 Å². The predicted octanol–water partition coefficient (Wildman–Crippen LogP) is 3.75. The summed E-state index contributed by atoms with van der Waals surface area (Å²) in [5.41, 5.74) is 0.873. The first kappa shape index (κ1) is 15.2. The summed E-state index contributed by atoms with van der Waals surface area (Å²) in [5.74, 6) is 3.39. The standard InChI is InChI=1S/C20H33NO/c1-19-10-8-14(22)12-13(19)4-5-15-16-6-7-18(21-3)20(16,2)11-9-17(15)19/h8,10,13-18,21-22H,4-7,9,11-12H2,1-3H3/t13-,14-,15-,16-,17-,18-,19-,20-/m0/s1. The molecule has 0 aromatic rings. The van der Waals surface area contributed by atoms with Gasteiger partial charge in [-0.05, 0) is 86.5 Å². The topological polar surface area (TPSA) is 32.3 Å². The van der Waals surface area contributed by atoms with E-state index in [9.17, 15) is 5.11 Å². The van der Waals surface area contributed by atoms with Crippen LogP contribution in [0, 0.1) is 34.5 Å². The Morgan fingerprint density at radius 1 is 1.05 bits per heavy atom. The van der Waals surface area contributed by atoms with Gasteiger partial charge in [-0.1, -0.05) is 26.0 Å². The van der Waals surface area contributed by atoms with Gasteiger partial charge in [0.15, 0.2) is 0 Å². The molecule has 2 N–H and O–H groups in total. The Kier molecular flexibility index (Phi) is 3.51. The van der Waals surface area contributed by atoms with Crippen LogP contribution in [0.1, 0.15) is 58.8 Å². The van der Waals surface area contributed by atoms with Crippen LogP contribution in [-0.4, -0.2) is 24.3 Å². The molecule has 0 spiro atoms. The average molecular weight is 303 g/mol. The van der Waals surface area contributed by atoms with Crippen LogP contribution in [0.3, 0.4) is 0 Å². The Morgan fingerprint density at radius 3 is 2.64 bits per heavy atom. The quantitative estimate of drug-likeness (QED) is 0.723. The molecule has 0 aliphatic heterocycles. The maximum absolute atomic E-state index is 10.0. The highest BCUT2D eigenvalue weighted by molar-refractivity contribution is 5.17. The molecule has 0 aromatic carbocycles. The van der Waals surface area contributed by atoms with Crippen LogP contribution in [0.15, 0.2) is 12.2 Å². The highest BCUT2D eigenvalue weighted by Crippen LogP contribution is 2.65. The van der Waals surface area contributed by atoms with Crippen molar-refractivity contribution in [2.45, 2.75) is 70.9 Å². The van der Waals surface area contributed by atoms with Crippen LogP contribution in [0.5, 0.6) is 0 Å². The number of hydrogen-bond donors (Lipinski definition) is 2. The van der Waals surface area contributed by atoms with E-state index in [0.717, 1.165) is 30.2 Å². The summed E-state index contributed by atoms with van der Waals surface area (Å²) in [7, 11) is 2.16. The van der Waals surface area contributed by atoms with Crippen molar-refractivity contribution in [3.63, 3.8) is 0 Å². The van der Waals surface area contributed by atoms with Gasteiger partial charge in [0.25, 0.3) is 0 Å². The molecule has 22 heavy (non-hydrogen) atoms.